The van der Waals surface area contributed by atoms with Crippen LogP contribution in [0.15, 0.2) is 102 Å². The first kappa shape index (κ1) is 23.0. The molecule has 2 N–H and O–H groups in total. The Morgan fingerprint density at radius 2 is 1.14 bits per heavy atom. The van der Waals surface area contributed by atoms with Gasteiger partial charge in [-0.25, -0.2) is 13.6 Å². The smallest absolute Gasteiger partial charge is 0.225 e. The topological polar surface area (TPSA) is 108 Å². The number of benzene rings is 5. The summed E-state index contributed by atoms with van der Waals surface area (Å²) in [6, 6.07) is 34.0. The van der Waals surface area contributed by atoms with Crippen molar-refractivity contribution in [2.45, 2.75) is 4.90 Å². The number of primary sulfonamides is 1. The van der Waals surface area contributed by atoms with E-state index in [1.807, 2.05) is 48.5 Å². The maximum absolute atomic E-state index is 11.8. The van der Waals surface area contributed by atoms with Crippen LogP contribution in [0.2, 0.25) is 0 Å². The molecule has 0 spiro atoms. The summed E-state index contributed by atoms with van der Waals surface area (Å²) < 4.78 is 23.5. The molecule has 0 amide bonds. The van der Waals surface area contributed by atoms with Crippen molar-refractivity contribution in [3.05, 3.63) is 125 Å². The summed E-state index contributed by atoms with van der Waals surface area (Å²) >= 11 is 0. The molecule has 5 aromatic rings. The summed E-state index contributed by atoms with van der Waals surface area (Å²) in [6.07, 6.45) is 2.05. The second kappa shape index (κ2) is 9.13. The lowest BCUT2D eigenvalue weighted by Gasteiger charge is -2.12. The number of nitrogens with two attached hydrogens (primary N) is 1. The first-order chi connectivity index (χ1) is 17.3. The molecule has 0 aliphatic heterocycles. The van der Waals surface area contributed by atoms with Gasteiger partial charge in [-0.05, 0) is 98.4 Å². The van der Waals surface area contributed by atoms with E-state index in [1.165, 1.54) is 12.1 Å². The van der Waals surface area contributed by atoms with Gasteiger partial charge in [-0.2, -0.15) is 10.5 Å². The number of hydrogen-bond acceptors (Lipinski definition) is 4. The van der Waals surface area contributed by atoms with Crippen LogP contribution in [0.25, 0.3) is 33.2 Å². The molecule has 0 unspecified atom stereocenters. The maximum Gasteiger partial charge on any atom is 0.238 e. The minimum Gasteiger partial charge on any atom is -0.225 e. The van der Waals surface area contributed by atoms with Gasteiger partial charge < -0.3 is 0 Å². The van der Waals surface area contributed by atoms with Crippen LogP contribution in [0.4, 0.5) is 0 Å². The van der Waals surface area contributed by atoms with Gasteiger partial charge in [0.1, 0.15) is 0 Å². The SMILES string of the molecule is N#Cc1ccc2cc(/C=C(\c3ccc(S(N)(=O)=O)cc3)c3ccc4cc(C#N)ccc4c3)ccc2c1. The van der Waals surface area contributed by atoms with E-state index in [2.05, 4.69) is 30.3 Å². The Balaban J connectivity index is 1.67. The number of nitriles is 2. The number of rotatable bonds is 4. The lowest BCUT2D eigenvalue weighted by Crippen LogP contribution is -2.11. The van der Waals surface area contributed by atoms with E-state index in [9.17, 15) is 18.9 Å². The van der Waals surface area contributed by atoms with Gasteiger partial charge in [-0.15, -0.1) is 0 Å². The molecule has 0 radical (unpaired) electrons. The molecule has 0 aromatic heterocycles. The van der Waals surface area contributed by atoms with Crippen LogP contribution in [0.3, 0.4) is 0 Å². The van der Waals surface area contributed by atoms with Crippen LogP contribution < -0.4 is 5.14 Å². The van der Waals surface area contributed by atoms with Gasteiger partial charge in [-0.1, -0.05) is 48.5 Å². The molecule has 5 rings (SSSR count). The third-order valence-corrected chi connectivity index (χ3v) is 7.01. The molecular formula is C30H19N3O2S. The van der Waals surface area contributed by atoms with Crippen LogP contribution in [-0.4, -0.2) is 8.42 Å². The predicted molar refractivity (Wildman–Crippen MR) is 142 cm³/mol. The van der Waals surface area contributed by atoms with E-state index >= 15 is 0 Å². The molecule has 172 valence electrons. The van der Waals surface area contributed by atoms with Crippen molar-refractivity contribution in [3.8, 4) is 12.1 Å². The fourth-order valence-corrected chi connectivity index (χ4v) is 4.75. The average molecular weight is 486 g/mol. The summed E-state index contributed by atoms with van der Waals surface area (Å²) in [6.45, 7) is 0. The van der Waals surface area contributed by atoms with E-state index in [4.69, 9.17) is 5.14 Å². The number of hydrogen-bond donors (Lipinski definition) is 1. The van der Waals surface area contributed by atoms with Crippen molar-refractivity contribution >= 4 is 43.2 Å². The van der Waals surface area contributed by atoms with E-state index in [-0.39, 0.29) is 4.90 Å². The predicted octanol–water partition coefficient (Wildman–Crippen LogP) is 5.97. The molecule has 0 saturated carbocycles. The number of fused-ring (bicyclic) bond motifs is 2. The summed E-state index contributed by atoms with van der Waals surface area (Å²) in [5.41, 5.74) is 4.83. The van der Waals surface area contributed by atoms with Gasteiger partial charge in [0, 0.05) is 0 Å². The molecular weight excluding hydrogens is 466 g/mol. The highest BCUT2D eigenvalue weighted by molar-refractivity contribution is 7.89. The Kier molecular flexibility index (Phi) is 5.83. The molecule has 0 fully saturated rings. The standard InChI is InChI=1S/C30H19N3O2S/c31-18-21-2-5-24-13-20(1-4-25(24)14-21)16-30(23-9-11-29(12-10-23)36(33,34)35)28-8-7-26-15-22(19-32)3-6-27(26)17-28/h1-17H,(H2,33,34,35)/b30-16+. The fourth-order valence-electron chi connectivity index (χ4n) is 4.23. The van der Waals surface area contributed by atoms with Crippen LogP contribution in [0, 0.1) is 22.7 Å². The summed E-state index contributed by atoms with van der Waals surface area (Å²) in [7, 11) is -3.80. The van der Waals surface area contributed by atoms with Crippen molar-refractivity contribution in [3.63, 3.8) is 0 Å². The van der Waals surface area contributed by atoms with Crippen LogP contribution in [0.1, 0.15) is 27.8 Å². The molecule has 6 heteroatoms. The third kappa shape index (κ3) is 4.60. The Hall–Kier alpha value is -4.75. The largest absolute Gasteiger partial charge is 0.238 e. The van der Waals surface area contributed by atoms with Gasteiger partial charge in [-0.3, -0.25) is 0 Å². The zero-order valence-corrected chi connectivity index (χ0v) is 19.8. The Bertz CT molecular complexity index is 1870. The van der Waals surface area contributed by atoms with Crippen molar-refractivity contribution in [1.29, 1.82) is 10.5 Å². The van der Waals surface area contributed by atoms with Gasteiger partial charge in [0.25, 0.3) is 0 Å². The van der Waals surface area contributed by atoms with Gasteiger partial charge in [0.2, 0.25) is 10.0 Å². The van der Waals surface area contributed by atoms with Crippen molar-refractivity contribution in [2.24, 2.45) is 5.14 Å². The first-order valence-electron chi connectivity index (χ1n) is 11.1. The quantitative estimate of drug-likeness (QED) is 0.316. The molecule has 0 atom stereocenters. The highest BCUT2D eigenvalue weighted by atomic mass is 32.2. The number of nitrogens with zero attached hydrogens (tertiary/aromatic N) is 2. The van der Waals surface area contributed by atoms with Gasteiger partial charge in [0.15, 0.2) is 0 Å². The van der Waals surface area contributed by atoms with E-state index in [1.54, 1.807) is 24.3 Å². The van der Waals surface area contributed by atoms with Crippen molar-refractivity contribution in [1.82, 2.24) is 0 Å². The summed E-state index contributed by atoms with van der Waals surface area (Å²) in [5, 5.41) is 27.6. The van der Waals surface area contributed by atoms with Gasteiger partial charge >= 0.3 is 0 Å². The first-order valence-corrected chi connectivity index (χ1v) is 12.6. The summed E-state index contributed by atoms with van der Waals surface area (Å²) in [4.78, 5) is 0.0483. The van der Waals surface area contributed by atoms with Crippen LogP contribution >= 0.6 is 0 Å². The average Bonchev–Trinajstić information content (AvgIpc) is 2.90. The number of sulfonamides is 1. The second-order valence-electron chi connectivity index (χ2n) is 8.45. The van der Waals surface area contributed by atoms with E-state index in [0.717, 1.165) is 43.8 Å². The van der Waals surface area contributed by atoms with Crippen LogP contribution in [-0.2, 0) is 10.0 Å². The molecule has 5 nitrogen and oxygen atoms in total. The molecule has 0 aliphatic rings. The molecule has 5 aromatic carbocycles. The summed E-state index contributed by atoms with van der Waals surface area (Å²) in [5.74, 6) is 0. The minimum atomic E-state index is -3.80. The van der Waals surface area contributed by atoms with Crippen LogP contribution in [0.5, 0.6) is 0 Å². The maximum atomic E-state index is 11.8. The third-order valence-electron chi connectivity index (χ3n) is 6.08. The Morgan fingerprint density at radius 1 is 0.639 bits per heavy atom. The lowest BCUT2D eigenvalue weighted by molar-refractivity contribution is 0.598. The van der Waals surface area contributed by atoms with Crippen molar-refractivity contribution < 1.29 is 8.42 Å². The minimum absolute atomic E-state index is 0.0483. The second-order valence-corrected chi connectivity index (χ2v) is 10.0. The molecule has 0 heterocycles. The Labute approximate surface area is 209 Å². The lowest BCUT2D eigenvalue weighted by atomic mass is 9.93. The molecule has 36 heavy (non-hydrogen) atoms. The van der Waals surface area contributed by atoms with E-state index in [0.29, 0.717) is 11.1 Å². The highest BCUT2D eigenvalue weighted by Gasteiger charge is 2.11. The Morgan fingerprint density at radius 3 is 1.72 bits per heavy atom. The zero-order valence-electron chi connectivity index (χ0n) is 19.0. The van der Waals surface area contributed by atoms with E-state index < -0.39 is 10.0 Å². The molecule has 0 saturated heterocycles. The molecule has 0 aliphatic carbocycles. The highest BCUT2D eigenvalue weighted by Crippen LogP contribution is 2.31. The van der Waals surface area contributed by atoms with Gasteiger partial charge in [0.05, 0.1) is 28.2 Å². The molecule has 0 bridgehead atoms. The fraction of sp³-hybridized carbons (Fsp3) is 0. The monoisotopic (exact) mass is 485 g/mol. The zero-order chi connectivity index (χ0) is 25.3. The normalized spacial score (nSPS) is 11.8. The van der Waals surface area contributed by atoms with Crippen molar-refractivity contribution in [2.75, 3.05) is 0 Å².